The van der Waals surface area contributed by atoms with Crippen molar-refractivity contribution in [2.45, 2.75) is 4.90 Å². The third kappa shape index (κ3) is 4.33. The molecule has 0 saturated carbocycles. The van der Waals surface area contributed by atoms with Gasteiger partial charge in [0.25, 0.3) is 11.1 Å². The first-order valence-corrected chi connectivity index (χ1v) is 9.70. The van der Waals surface area contributed by atoms with Gasteiger partial charge in [-0.1, -0.05) is 12.1 Å². The third-order valence-corrected chi connectivity index (χ3v) is 5.14. The highest BCUT2D eigenvalue weighted by molar-refractivity contribution is 8.18. The fourth-order valence-corrected chi connectivity index (χ4v) is 3.59. The Hall–Kier alpha value is -2.58. The van der Waals surface area contributed by atoms with Gasteiger partial charge in [-0.25, -0.2) is 0 Å². The molecule has 2 aromatic rings. The largest absolute Gasteiger partial charge is 0.324 e. The number of thioether (sulfide) groups is 2. The van der Waals surface area contributed by atoms with Gasteiger partial charge in [0.05, 0.1) is 4.91 Å². The molecule has 0 atom stereocenters. The summed E-state index contributed by atoms with van der Waals surface area (Å²) in [4.78, 5) is 42.9. The number of hydrogen-bond acceptors (Lipinski definition) is 6. The maximum Gasteiger partial charge on any atom is 0.294 e. The first-order chi connectivity index (χ1) is 12.6. The van der Waals surface area contributed by atoms with Crippen molar-refractivity contribution < 1.29 is 14.4 Å². The van der Waals surface area contributed by atoms with E-state index in [1.807, 2.05) is 24.5 Å². The number of amides is 3. The topological polar surface area (TPSA) is 79.4 Å². The number of anilines is 1. The van der Waals surface area contributed by atoms with Crippen LogP contribution in [0.1, 0.15) is 5.56 Å². The molecule has 3 amide bonds. The lowest BCUT2D eigenvalue weighted by Crippen LogP contribution is -2.36. The van der Waals surface area contributed by atoms with E-state index in [1.165, 1.54) is 0 Å². The Morgan fingerprint density at radius 3 is 2.88 bits per heavy atom. The van der Waals surface area contributed by atoms with E-state index in [1.54, 1.807) is 48.4 Å². The molecule has 1 aliphatic rings. The SMILES string of the molecule is CSc1cccc(NC(=O)CN2C(=O)S/C(=C/c3cccnc3)C2=O)c1. The van der Waals surface area contributed by atoms with Crippen LogP contribution in [-0.4, -0.2) is 39.7 Å². The minimum Gasteiger partial charge on any atom is -0.324 e. The molecule has 8 heteroatoms. The van der Waals surface area contributed by atoms with Crippen molar-refractivity contribution in [3.8, 4) is 0 Å². The number of nitrogens with zero attached hydrogens (tertiary/aromatic N) is 2. The molecule has 2 heterocycles. The monoisotopic (exact) mass is 385 g/mol. The molecule has 0 bridgehead atoms. The van der Waals surface area contributed by atoms with Crippen LogP contribution in [0.25, 0.3) is 6.08 Å². The van der Waals surface area contributed by atoms with E-state index in [0.717, 1.165) is 27.1 Å². The third-order valence-electron chi connectivity index (χ3n) is 3.51. The van der Waals surface area contributed by atoms with Gasteiger partial charge in [-0.05, 0) is 53.9 Å². The molecule has 132 valence electrons. The fraction of sp³-hybridized carbons (Fsp3) is 0.111. The quantitative estimate of drug-likeness (QED) is 0.627. The normalized spacial score (nSPS) is 15.6. The highest BCUT2D eigenvalue weighted by Gasteiger charge is 2.36. The molecule has 0 aliphatic carbocycles. The Balaban J connectivity index is 1.67. The van der Waals surface area contributed by atoms with Crippen LogP contribution in [0.15, 0.2) is 58.6 Å². The molecule has 1 fully saturated rings. The van der Waals surface area contributed by atoms with E-state index in [-0.39, 0.29) is 11.4 Å². The summed E-state index contributed by atoms with van der Waals surface area (Å²) in [6.07, 6.45) is 6.76. The Morgan fingerprint density at radius 2 is 2.15 bits per heavy atom. The summed E-state index contributed by atoms with van der Waals surface area (Å²) in [5.41, 5.74) is 1.34. The highest BCUT2D eigenvalue weighted by atomic mass is 32.2. The summed E-state index contributed by atoms with van der Waals surface area (Å²) in [5.74, 6) is -0.898. The first-order valence-electron chi connectivity index (χ1n) is 7.66. The van der Waals surface area contributed by atoms with Gasteiger partial charge in [-0.2, -0.15) is 0 Å². The standard InChI is InChI=1S/C18H15N3O3S2/c1-25-14-6-2-5-13(9-14)20-16(22)11-21-17(23)15(26-18(21)24)8-12-4-3-7-19-10-12/h2-10H,11H2,1H3,(H,20,22)/b15-8+. The van der Waals surface area contributed by atoms with Gasteiger partial charge >= 0.3 is 0 Å². The maximum absolute atomic E-state index is 12.4. The second-order valence-electron chi connectivity index (χ2n) is 5.33. The molecule has 0 unspecified atom stereocenters. The smallest absolute Gasteiger partial charge is 0.294 e. The number of hydrogen-bond donors (Lipinski definition) is 1. The number of imide groups is 1. The van der Waals surface area contributed by atoms with Crippen molar-refractivity contribution in [3.63, 3.8) is 0 Å². The summed E-state index contributed by atoms with van der Waals surface area (Å²) in [5, 5.41) is 2.25. The van der Waals surface area contributed by atoms with E-state index in [4.69, 9.17) is 0 Å². The molecule has 0 radical (unpaired) electrons. The number of pyridine rings is 1. The summed E-state index contributed by atoms with van der Waals surface area (Å²) < 4.78 is 0. The average Bonchev–Trinajstić information content (AvgIpc) is 2.90. The number of carbonyl (C=O) groups excluding carboxylic acids is 3. The summed E-state index contributed by atoms with van der Waals surface area (Å²) in [7, 11) is 0. The molecular weight excluding hydrogens is 370 g/mol. The van der Waals surface area contributed by atoms with E-state index >= 15 is 0 Å². The van der Waals surface area contributed by atoms with Crippen LogP contribution in [0.5, 0.6) is 0 Å². The lowest BCUT2D eigenvalue weighted by Gasteiger charge is -2.12. The Morgan fingerprint density at radius 1 is 1.31 bits per heavy atom. The van der Waals surface area contributed by atoms with Crippen molar-refractivity contribution in [2.24, 2.45) is 0 Å². The van der Waals surface area contributed by atoms with Crippen LogP contribution >= 0.6 is 23.5 Å². The lowest BCUT2D eigenvalue weighted by atomic mass is 10.2. The van der Waals surface area contributed by atoms with Gasteiger partial charge in [0.1, 0.15) is 6.54 Å². The van der Waals surface area contributed by atoms with Gasteiger partial charge in [0, 0.05) is 23.0 Å². The van der Waals surface area contributed by atoms with Gasteiger partial charge in [-0.3, -0.25) is 24.3 Å². The van der Waals surface area contributed by atoms with Crippen LogP contribution in [0.2, 0.25) is 0 Å². The zero-order valence-electron chi connectivity index (χ0n) is 13.8. The van der Waals surface area contributed by atoms with Gasteiger partial charge in [0.15, 0.2) is 0 Å². The minimum atomic E-state index is -0.475. The molecular formula is C18H15N3O3S2. The van der Waals surface area contributed by atoms with E-state index in [2.05, 4.69) is 10.3 Å². The second kappa shape index (κ2) is 8.20. The molecule has 1 aromatic heterocycles. The molecule has 1 aromatic carbocycles. The molecule has 26 heavy (non-hydrogen) atoms. The number of aromatic nitrogens is 1. The Kier molecular flexibility index (Phi) is 5.75. The van der Waals surface area contributed by atoms with Crippen molar-refractivity contribution in [3.05, 3.63) is 59.3 Å². The van der Waals surface area contributed by atoms with Gasteiger partial charge in [-0.15, -0.1) is 11.8 Å². The summed E-state index contributed by atoms with van der Waals surface area (Å²) in [6.45, 7) is -0.321. The fourth-order valence-electron chi connectivity index (χ4n) is 2.29. The van der Waals surface area contributed by atoms with E-state index in [9.17, 15) is 14.4 Å². The van der Waals surface area contributed by atoms with Crippen LogP contribution in [0, 0.1) is 0 Å². The van der Waals surface area contributed by atoms with Crippen LogP contribution in [-0.2, 0) is 9.59 Å². The molecule has 0 spiro atoms. The molecule has 1 saturated heterocycles. The number of nitrogens with one attached hydrogen (secondary N) is 1. The maximum atomic E-state index is 12.4. The van der Waals surface area contributed by atoms with E-state index < -0.39 is 17.1 Å². The summed E-state index contributed by atoms with van der Waals surface area (Å²) >= 11 is 2.38. The predicted octanol–water partition coefficient (Wildman–Crippen LogP) is 3.48. The molecule has 6 nitrogen and oxygen atoms in total. The predicted molar refractivity (Wildman–Crippen MR) is 104 cm³/mol. The second-order valence-corrected chi connectivity index (χ2v) is 7.21. The number of rotatable bonds is 5. The first kappa shape index (κ1) is 18.2. The minimum absolute atomic E-state index is 0.278. The van der Waals surface area contributed by atoms with Crippen LogP contribution in [0.3, 0.4) is 0 Å². The molecule has 3 rings (SSSR count). The van der Waals surface area contributed by atoms with Crippen LogP contribution < -0.4 is 5.32 Å². The number of benzene rings is 1. The van der Waals surface area contributed by atoms with Crippen molar-refractivity contribution in [2.75, 3.05) is 18.1 Å². The zero-order chi connectivity index (χ0) is 18.5. The van der Waals surface area contributed by atoms with Gasteiger partial charge in [0.2, 0.25) is 5.91 Å². The van der Waals surface area contributed by atoms with Crippen LogP contribution in [0.4, 0.5) is 10.5 Å². The summed E-state index contributed by atoms with van der Waals surface area (Å²) in [6, 6.07) is 10.9. The molecule has 1 N–H and O–H groups in total. The Bertz CT molecular complexity index is 884. The van der Waals surface area contributed by atoms with Crippen molar-refractivity contribution >= 4 is 52.3 Å². The van der Waals surface area contributed by atoms with E-state index in [0.29, 0.717) is 5.69 Å². The van der Waals surface area contributed by atoms with Gasteiger partial charge < -0.3 is 5.32 Å². The Labute approximate surface area is 159 Å². The molecule has 1 aliphatic heterocycles. The lowest BCUT2D eigenvalue weighted by molar-refractivity contribution is -0.127. The van der Waals surface area contributed by atoms with Crippen molar-refractivity contribution in [1.82, 2.24) is 9.88 Å². The highest BCUT2D eigenvalue weighted by Crippen LogP contribution is 2.32. The van der Waals surface area contributed by atoms with Crippen molar-refractivity contribution in [1.29, 1.82) is 0 Å². The average molecular weight is 385 g/mol. The zero-order valence-corrected chi connectivity index (χ0v) is 15.5. The number of carbonyl (C=O) groups is 3.